The van der Waals surface area contributed by atoms with Gasteiger partial charge in [0.25, 0.3) is 6.43 Å². The molecule has 0 radical (unpaired) electrons. The van der Waals surface area contributed by atoms with Crippen LogP contribution in [-0.2, 0) is 12.7 Å². The van der Waals surface area contributed by atoms with E-state index in [4.69, 9.17) is 5.73 Å². The van der Waals surface area contributed by atoms with Crippen LogP contribution in [0.15, 0.2) is 6.07 Å². The van der Waals surface area contributed by atoms with Gasteiger partial charge >= 0.3 is 6.18 Å². The second-order valence-electron chi connectivity index (χ2n) is 3.08. The summed E-state index contributed by atoms with van der Waals surface area (Å²) < 4.78 is 67.3. The fraction of sp³-hybridized carbons (Fsp3) is 0.444. The number of halogens is 5. The zero-order valence-corrected chi connectivity index (χ0v) is 8.68. The summed E-state index contributed by atoms with van der Waals surface area (Å²) in [6, 6.07) is 0.969. The maximum atomic E-state index is 12.6. The first-order chi connectivity index (χ1) is 7.81. The van der Waals surface area contributed by atoms with Crippen LogP contribution in [0.5, 0.6) is 5.75 Å². The van der Waals surface area contributed by atoms with Crippen LogP contribution < -0.4 is 10.5 Å². The molecule has 0 aliphatic rings. The number of aromatic nitrogens is 1. The largest absolute Gasteiger partial charge is 0.496 e. The molecule has 0 bridgehead atoms. The SMILES string of the molecule is COc1cc(CN)nc(C(F)(F)F)c1C(F)F. The Morgan fingerprint density at radius 2 is 2.00 bits per heavy atom. The number of methoxy groups -OCH3 is 1. The molecule has 1 heterocycles. The van der Waals surface area contributed by atoms with Gasteiger partial charge < -0.3 is 10.5 Å². The molecule has 17 heavy (non-hydrogen) atoms. The molecule has 1 aromatic heterocycles. The second-order valence-corrected chi connectivity index (χ2v) is 3.08. The van der Waals surface area contributed by atoms with Gasteiger partial charge in [0.15, 0.2) is 5.69 Å². The highest BCUT2D eigenvalue weighted by Gasteiger charge is 2.40. The summed E-state index contributed by atoms with van der Waals surface area (Å²) in [5.41, 5.74) is 2.04. The van der Waals surface area contributed by atoms with E-state index < -0.39 is 29.6 Å². The Bertz CT molecular complexity index is 405. The van der Waals surface area contributed by atoms with E-state index in [2.05, 4.69) is 9.72 Å². The van der Waals surface area contributed by atoms with Gasteiger partial charge in [-0.25, -0.2) is 13.8 Å². The van der Waals surface area contributed by atoms with Gasteiger partial charge in [0.05, 0.1) is 18.4 Å². The number of pyridine rings is 1. The molecule has 0 aliphatic heterocycles. The average Bonchev–Trinajstić information content (AvgIpc) is 2.25. The summed E-state index contributed by atoms with van der Waals surface area (Å²) in [7, 11) is 1.00. The zero-order valence-electron chi connectivity index (χ0n) is 8.68. The van der Waals surface area contributed by atoms with Crippen molar-refractivity contribution in [1.29, 1.82) is 0 Å². The van der Waals surface area contributed by atoms with E-state index in [-0.39, 0.29) is 12.2 Å². The van der Waals surface area contributed by atoms with Gasteiger partial charge in [-0.3, -0.25) is 0 Å². The first-order valence-electron chi connectivity index (χ1n) is 4.44. The molecule has 8 heteroatoms. The lowest BCUT2D eigenvalue weighted by atomic mass is 10.1. The minimum Gasteiger partial charge on any atom is -0.496 e. The van der Waals surface area contributed by atoms with Crippen LogP contribution in [-0.4, -0.2) is 12.1 Å². The van der Waals surface area contributed by atoms with Gasteiger partial charge in [-0.05, 0) is 0 Å². The Morgan fingerprint density at radius 1 is 1.41 bits per heavy atom. The summed E-state index contributed by atoms with van der Waals surface area (Å²) in [6.45, 7) is -0.303. The predicted molar refractivity (Wildman–Crippen MR) is 48.6 cm³/mol. The Morgan fingerprint density at radius 3 is 2.35 bits per heavy atom. The first-order valence-corrected chi connectivity index (χ1v) is 4.44. The van der Waals surface area contributed by atoms with Crippen LogP contribution in [0.4, 0.5) is 22.0 Å². The Kier molecular flexibility index (Phi) is 3.87. The number of nitrogens with two attached hydrogens (primary N) is 1. The Labute approximate surface area is 93.4 Å². The van der Waals surface area contributed by atoms with E-state index in [0.717, 1.165) is 13.2 Å². The average molecular weight is 256 g/mol. The van der Waals surface area contributed by atoms with Gasteiger partial charge in [-0.2, -0.15) is 13.2 Å². The second kappa shape index (κ2) is 4.82. The summed E-state index contributed by atoms with van der Waals surface area (Å²) in [5, 5.41) is 0. The minimum absolute atomic E-state index is 0.168. The van der Waals surface area contributed by atoms with Gasteiger partial charge in [0.2, 0.25) is 0 Å². The number of alkyl halides is 5. The molecule has 0 fully saturated rings. The summed E-state index contributed by atoms with van der Waals surface area (Å²) in [5.74, 6) is -0.567. The van der Waals surface area contributed by atoms with Crippen molar-refractivity contribution in [3.8, 4) is 5.75 Å². The fourth-order valence-electron chi connectivity index (χ4n) is 1.28. The topological polar surface area (TPSA) is 48.1 Å². The molecule has 0 atom stereocenters. The number of hydrogen-bond donors (Lipinski definition) is 1. The highest BCUT2D eigenvalue weighted by atomic mass is 19.4. The molecule has 0 aliphatic carbocycles. The number of hydrogen-bond acceptors (Lipinski definition) is 3. The molecule has 1 aromatic rings. The van der Waals surface area contributed by atoms with Gasteiger partial charge in [-0.1, -0.05) is 0 Å². The molecule has 0 spiro atoms. The van der Waals surface area contributed by atoms with Crippen LogP contribution in [0.25, 0.3) is 0 Å². The normalized spacial score (nSPS) is 12.0. The van der Waals surface area contributed by atoms with Crippen LogP contribution in [0.2, 0.25) is 0 Å². The number of ether oxygens (including phenoxy) is 1. The lowest BCUT2D eigenvalue weighted by Crippen LogP contribution is -2.16. The summed E-state index contributed by atoms with van der Waals surface area (Å²) in [6.07, 6.45) is -8.31. The van der Waals surface area contributed by atoms with E-state index in [1.165, 1.54) is 0 Å². The van der Waals surface area contributed by atoms with Crippen molar-refractivity contribution < 1.29 is 26.7 Å². The van der Waals surface area contributed by atoms with Crippen LogP contribution in [0.1, 0.15) is 23.4 Å². The summed E-state index contributed by atoms with van der Waals surface area (Å²) in [4.78, 5) is 3.08. The number of rotatable bonds is 3. The van der Waals surface area contributed by atoms with Crippen molar-refractivity contribution in [2.24, 2.45) is 5.73 Å². The van der Waals surface area contributed by atoms with Gasteiger partial charge in [0, 0.05) is 12.6 Å². The molecular formula is C9H9F5N2O. The Balaban J connectivity index is 3.52. The lowest BCUT2D eigenvalue weighted by molar-refractivity contribution is -0.143. The first kappa shape index (κ1) is 13.6. The highest BCUT2D eigenvalue weighted by Crippen LogP contribution is 2.40. The molecule has 3 nitrogen and oxygen atoms in total. The van der Waals surface area contributed by atoms with Crippen molar-refractivity contribution in [3.63, 3.8) is 0 Å². The molecular weight excluding hydrogens is 247 g/mol. The molecule has 2 N–H and O–H groups in total. The molecule has 0 amide bonds. The third-order valence-electron chi connectivity index (χ3n) is 1.99. The van der Waals surface area contributed by atoms with Crippen molar-refractivity contribution in [3.05, 3.63) is 23.0 Å². The Hall–Kier alpha value is -1.44. The van der Waals surface area contributed by atoms with E-state index in [0.29, 0.717) is 0 Å². The van der Waals surface area contributed by atoms with Gasteiger partial charge in [-0.15, -0.1) is 0 Å². The van der Waals surface area contributed by atoms with Crippen molar-refractivity contribution in [2.75, 3.05) is 7.11 Å². The van der Waals surface area contributed by atoms with E-state index in [1.54, 1.807) is 0 Å². The molecule has 96 valence electrons. The highest BCUT2D eigenvalue weighted by molar-refractivity contribution is 5.40. The third-order valence-corrected chi connectivity index (χ3v) is 1.99. The molecule has 0 unspecified atom stereocenters. The van der Waals surface area contributed by atoms with Crippen LogP contribution >= 0.6 is 0 Å². The molecule has 0 aromatic carbocycles. The van der Waals surface area contributed by atoms with Gasteiger partial charge in [0.1, 0.15) is 5.75 Å². The minimum atomic E-state index is -4.98. The van der Waals surface area contributed by atoms with Crippen LogP contribution in [0, 0.1) is 0 Å². The summed E-state index contributed by atoms with van der Waals surface area (Å²) >= 11 is 0. The number of nitrogens with zero attached hydrogens (tertiary/aromatic N) is 1. The van der Waals surface area contributed by atoms with E-state index in [1.807, 2.05) is 0 Å². The quantitative estimate of drug-likeness (QED) is 0.845. The zero-order chi connectivity index (χ0) is 13.2. The van der Waals surface area contributed by atoms with E-state index >= 15 is 0 Å². The van der Waals surface area contributed by atoms with Crippen LogP contribution in [0.3, 0.4) is 0 Å². The third kappa shape index (κ3) is 2.82. The van der Waals surface area contributed by atoms with Crippen molar-refractivity contribution in [2.45, 2.75) is 19.1 Å². The van der Waals surface area contributed by atoms with Crippen molar-refractivity contribution in [1.82, 2.24) is 4.98 Å². The molecule has 0 saturated carbocycles. The fourth-order valence-corrected chi connectivity index (χ4v) is 1.28. The molecule has 0 saturated heterocycles. The lowest BCUT2D eigenvalue weighted by Gasteiger charge is -2.16. The van der Waals surface area contributed by atoms with E-state index in [9.17, 15) is 22.0 Å². The monoisotopic (exact) mass is 256 g/mol. The van der Waals surface area contributed by atoms with Crippen molar-refractivity contribution >= 4 is 0 Å². The predicted octanol–water partition coefficient (Wildman–Crippen LogP) is 2.51. The molecule has 1 rings (SSSR count). The smallest absolute Gasteiger partial charge is 0.433 e. The standard InChI is InChI=1S/C9H9F5N2O/c1-17-5-2-4(3-15)16-7(9(12,13)14)6(5)8(10)11/h2,8H,3,15H2,1H3. The maximum Gasteiger partial charge on any atom is 0.433 e. The maximum absolute atomic E-state index is 12.6.